The lowest BCUT2D eigenvalue weighted by Gasteiger charge is -2.23. The lowest BCUT2D eigenvalue weighted by molar-refractivity contribution is -0.0925. The third kappa shape index (κ3) is 1.94. The van der Waals surface area contributed by atoms with E-state index in [0.29, 0.717) is 10.8 Å². The number of hydrogen-bond acceptors (Lipinski definition) is 5. The smallest absolute Gasteiger partial charge is 0.330 e. The van der Waals surface area contributed by atoms with Gasteiger partial charge in [-0.2, -0.15) is 4.39 Å². The summed E-state index contributed by atoms with van der Waals surface area (Å²) in [5.41, 5.74) is -4.46. The fourth-order valence-corrected chi connectivity index (χ4v) is 1.92. The van der Waals surface area contributed by atoms with Crippen molar-refractivity contribution < 1.29 is 23.7 Å². The van der Waals surface area contributed by atoms with Gasteiger partial charge in [0.05, 0.1) is 12.8 Å². The lowest BCUT2D eigenvalue weighted by atomic mass is 9.98. The Morgan fingerprint density at radius 1 is 1.60 bits per heavy atom. The SMILES string of the molecule is C#C[C@]1(CO)O[C@@H](n2cc(F)c(=O)[nH]c2=O)[C@@H](F)[C@@H]1O. The number of aliphatic hydroxyl groups is 2. The summed E-state index contributed by atoms with van der Waals surface area (Å²) in [5.74, 6) is 0.573. The minimum absolute atomic E-state index is 0.416. The summed E-state index contributed by atoms with van der Waals surface area (Å²) in [6, 6.07) is 0. The zero-order valence-electron chi connectivity index (χ0n) is 9.92. The molecule has 0 saturated carbocycles. The molecule has 0 bridgehead atoms. The van der Waals surface area contributed by atoms with E-state index < -0.39 is 47.8 Å². The molecule has 0 aliphatic carbocycles. The van der Waals surface area contributed by atoms with Crippen LogP contribution in [0.2, 0.25) is 0 Å². The Morgan fingerprint density at radius 2 is 2.25 bits per heavy atom. The molecule has 20 heavy (non-hydrogen) atoms. The molecule has 108 valence electrons. The van der Waals surface area contributed by atoms with Gasteiger partial charge >= 0.3 is 5.69 Å². The normalized spacial score (nSPS) is 33.0. The molecule has 1 aliphatic heterocycles. The first kappa shape index (κ1) is 14.4. The standard InChI is InChI=1S/C11H10F2N2O5/c1-2-11(4-16)7(17)6(13)9(20-11)15-3-5(12)8(18)14-10(15)19/h1,3,6-7,9,16-17H,4H2,(H,14,18,19)/t6-,7-,9+,11+/m0/s1. The summed E-state index contributed by atoms with van der Waals surface area (Å²) in [4.78, 5) is 24.0. The highest BCUT2D eigenvalue weighted by molar-refractivity contribution is 5.18. The number of halogens is 2. The number of H-pyrrole nitrogens is 1. The summed E-state index contributed by atoms with van der Waals surface area (Å²) in [5, 5.41) is 18.8. The maximum Gasteiger partial charge on any atom is 0.330 e. The predicted molar refractivity (Wildman–Crippen MR) is 61.0 cm³/mol. The van der Waals surface area contributed by atoms with Crippen LogP contribution in [0.3, 0.4) is 0 Å². The Kier molecular flexibility index (Phi) is 3.47. The fourth-order valence-electron chi connectivity index (χ4n) is 1.92. The van der Waals surface area contributed by atoms with Gasteiger partial charge in [-0.3, -0.25) is 14.3 Å². The van der Waals surface area contributed by atoms with Crippen molar-refractivity contribution in [2.75, 3.05) is 6.61 Å². The molecule has 0 radical (unpaired) electrons. The van der Waals surface area contributed by atoms with E-state index in [1.54, 1.807) is 4.98 Å². The van der Waals surface area contributed by atoms with Gasteiger partial charge in [0, 0.05) is 0 Å². The number of aliphatic hydroxyl groups excluding tert-OH is 2. The number of ether oxygens (including phenoxy) is 1. The molecule has 1 aromatic heterocycles. The van der Waals surface area contributed by atoms with Crippen molar-refractivity contribution in [2.45, 2.75) is 24.1 Å². The maximum absolute atomic E-state index is 14.0. The van der Waals surface area contributed by atoms with E-state index >= 15 is 0 Å². The number of terminal acetylenes is 1. The third-order valence-corrected chi connectivity index (χ3v) is 3.06. The number of hydrogen-bond donors (Lipinski definition) is 3. The van der Waals surface area contributed by atoms with Crippen LogP contribution in [0.4, 0.5) is 8.78 Å². The average Bonchev–Trinajstić information content (AvgIpc) is 2.68. The van der Waals surface area contributed by atoms with Crippen LogP contribution in [0.1, 0.15) is 6.23 Å². The molecule has 1 fully saturated rings. The minimum Gasteiger partial charge on any atom is -0.392 e. The molecule has 0 unspecified atom stereocenters. The molecule has 1 saturated heterocycles. The Morgan fingerprint density at radius 3 is 2.75 bits per heavy atom. The van der Waals surface area contributed by atoms with Crippen LogP contribution in [0.5, 0.6) is 0 Å². The number of aromatic amines is 1. The van der Waals surface area contributed by atoms with Crippen molar-refractivity contribution in [3.8, 4) is 12.3 Å². The van der Waals surface area contributed by atoms with Crippen LogP contribution in [-0.2, 0) is 4.74 Å². The van der Waals surface area contributed by atoms with Gasteiger partial charge < -0.3 is 14.9 Å². The van der Waals surface area contributed by atoms with Gasteiger partial charge in [-0.25, -0.2) is 9.18 Å². The largest absolute Gasteiger partial charge is 0.392 e. The maximum atomic E-state index is 14.0. The van der Waals surface area contributed by atoms with Crippen LogP contribution < -0.4 is 11.2 Å². The van der Waals surface area contributed by atoms with Crippen LogP contribution in [0.15, 0.2) is 15.8 Å². The van der Waals surface area contributed by atoms with E-state index in [9.17, 15) is 23.5 Å². The molecule has 9 heteroatoms. The average molecular weight is 288 g/mol. The van der Waals surface area contributed by atoms with Crippen molar-refractivity contribution >= 4 is 0 Å². The summed E-state index contributed by atoms with van der Waals surface area (Å²) in [7, 11) is 0. The van der Waals surface area contributed by atoms with Gasteiger partial charge in [0.2, 0.25) is 5.82 Å². The van der Waals surface area contributed by atoms with Gasteiger partial charge in [0.15, 0.2) is 18.0 Å². The number of aromatic nitrogens is 2. The first-order valence-electron chi connectivity index (χ1n) is 5.46. The van der Waals surface area contributed by atoms with Gasteiger partial charge in [0.25, 0.3) is 5.56 Å². The zero-order chi connectivity index (χ0) is 15.1. The second-order valence-electron chi connectivity index (χ2n) is 4.23. The van der Waals surface area contributed by atoms with Crippen LogP contribution in [0, 0.1) is 18.2 Å². The molecule has 1 aliphatic rings. The summed E-state index contributed by atoms with van der Waals surface area (Å²) >= 11 is 0. The summed E-state index contributed by atoms with van der Waals surface area (Å²) < 4.78 is 32.6. The predicted octanol–water partition coefficient (Wildman–Crippen LogP) is -1.73. The summed E-state index contributed by atoms with van der Waals surface area (Å²) in [6.07, 6.45) is -0.354. The number of nitrogens with zero attached hydrogens (tertiary/aromatic N) is 1. The van der Waals surface area contributed by atoms with E-state index in [0.717, 1.165) is 0 Å². The molecule has 7 nitrogen and oxygen atoms in total. The first-order chi connectivity index (χ1) is 9.36. The molecule has 2 heterocycles. The highest BCUT2D eigenvalue weighted by atomic mass is 19.1. The van der Waals surface area contributed by atoms with Gasteiger partial charge in [0.1, 0.15) is 6.10 Å². The van der Waals surface area contributed by atoms with Crippen molar-refractivity contribution in [3.05, 3.63) is 32.9 Å². The lowest BCUT2D eigenvalue weighted by Crippen LogP contribution is -2.44. The van der Waals surface area contributed by atoms with Gasteiger partial charge in [-0.1, -0.05) is 5.92 Å². The quantitative estimate of drug-likeness (QED) is 0.561. The van der Waals surface area contributed by atoms with E-state index in [4.69, 9.17) is 16.3 Å². The number of nitrogens with one attached hydrogen (secondary N) is 1. The van der Waals surface area contributed by atoms with Crippen LogP contribution in [-0.4, -0.2) is 44.2 Å². The van der Waals surface area contributed by atoms with Crippen molar-refractivity contribution in [1.29, 1.82) is 0 Å². The second-order valence-corrected chi connectivity index (χ2v) is 4.23. The Balaban J connectivity index is 2.51. The highest BCUT2D eigenvalue weighted by Gasteiger charge is 2.55. The Labute approximate surface area is 110 Å². The molecule has 4 atom stereocenters. The Bertz CT molecular complexity index is 679. The molecule has 0 spiro atoms. The van der Waals surface area contributed by atoms with Crippen molar-refractivity contribution in [2.24, 2.45) is 0 Å². The van der Waals surface area contributed by atoms with E-state index in [1.807, 2.05) is 5.92 Å². The molecular weight excluding hydrogens is 278 g/mol. The topological polar surface area (TPSA) is 105 Å². The molecule has 3 N–H and O–H groups in total. The monoisotopic (exact) mass is 288 g/mol. The van der Waals surface area contributed by atoms with E-state index in [-0.39, 0.29) is 0 Å². The third-order valence-electron chi connectivity index (χ3n) is 3.06. The molecule has 0 aromatic carbocycles. The molecular formula is C11H10F2N2O5. The minimum atomic E-state index is -2.19. The highest BCUT2D eigenvalue weighted by Crippen LogP contribution is 2.37. The fraction of sp³-hybridized carbons (Fsp3) is 0.455. The van der Waals surface area contributed by atoms with Crippen molar-refractivity contribution in [3.63, 3.8) is 0 Å². The Hall–Kier alpha value is -2.02. The van der Waals surface area contributed by atoms with E-state index in [1.165, 1.54) is 0 Å². The number of alkyl halides is 1. The second kappa shape index (κ2) is 4.82. The number of rotatable bonds is 2. The molecule has 2 rings (SSSR count). The molecule has 0 amide bonds. The van der Waals surface area contributed by atoms with Crippen LogP contribution >= 0.6 is 0 Å². The molecule has 1 aromatic rings. The first-order valence-corrected chi connectivity index (χ1v) is 5.46. The zero-order valence-corrected chi connectivity index (χ0v) is 9.92. The van der Waals surface area contributed by atoms with Gasteiger partial charge in [-0.05, 0) is 0 Å². The summed E-state index contributed by atoms with van der Waals surface area (Å²) in [6.45, 7) is -0.901. The van der Waals surface area contributed by atoms with E-state index in [2.05, 4.69) is 0 Å². The van der Waals surface area contributed by atoms with Crippen LogP contribution in [0.25, 0.3) is 0 Å². The van der Waals surface area contributed by atoms with Crippen molar-refractivity contribution in [1.82, 2.24) is 9.55 Å². The van der Waals surface area contributed by atoms with Gasteiger partial charge in [-0.15, -0.1) is 6.42 Å².